The zero-order chi connectivity index (χ0) is 11.9. The second-order valence-corrected chi connectivity index (χ2v) is 6.25. The Morgan fingerprint density at radius 2 is 2.06 bits per heavy atom. The van der Waals surface area contributed by atoms with Crippen molar-refractivity contribution in [3.63, 3.8) is 0 Å². The van der Waals surface area contributed by atoms with Crippen LogP contribution < -0.4 is 0 Å². The fraction of sp³-hybridized carbons (Fsp3) is 1.00. The molecule has 0 saturated heterocycles. The Labute approximate surface area is 99.4 Å². The van der Waals surface area contributed by atoms with E-state index in [0.29, 0.717) is 12.0 Å². The van der Waals surface area contributed by atoms with Gasteiger partial charge in [0.15, 0.2) is 0 Å². The summed E-state index contributed by atoms with van der Waals surface area (Å²) in [5.41, 5.74) is 0.331. The second-order valence-electron chi connectivity index (χ2n) is 6.25. The third-order valence-electron chi connectivity index (χ3n) is 5.50. The number of fused-ring (bicyclic) bond motifs is 2. The van der Waals surface area contributed by atoms with Crippen LogP contribution in [0, 0.1) is 23.2 Å². The molecule has 2 rings (SSSR count). The largest absolute Gasteiger partial charge is 0.391 e. The molecule has 2 nitrogen and oxygen atoms in total. The van der Waals surface area contributed by atoms with Crippen molar-refractivity contribution in [3.05, 3.63) is 0 Å². The molecule has 16 heavy (non-hydrogen) atoms. The van der Waals surface area contributed by atoms with E-state index in [1.54, 1.807) is 6.92 Å². The second kappa shape index (κ2) is 4.30. The summed E-state index contributed by atoms with van der Waals surface area (Å²) in [6.45, 7) is 9.25. The van der Waals surface area contributed by atoms with Gasteiger partial charge in [-0.15, -0.1) is 0 Å². The Kier molecular flexibility index (Phi) is 3.33. The van der Waals surface area contributed by atoms with Crippen molar-refractivity contribution < 1.29 is 9.84 Å². The summed E-state index contributed by atoms with van der Waals surface area (Å²) in [6, 6.07) is 0. The molecule has 0 aromatic rings. The Morgan fingerprint density at radius 1 is 1.38 bits per heavy atom. The first-order valence-electron chi connectivity index (χ1n) is 6.76. The minimum absolute atomic E-state index is 0.271. The molecule has 6 unspecified atom stereocenters. The van der Waals surface area contributed by atoms with E-state index < -0.39 is 0 Å². The van der Waals surface area contributed by atoms with Crippen molar-refractivity contribution in [2.75, 3.05) is 6.61 Å². The highest BCUT2D eigenvalue weighted by molar-refractivity contribution is 5.04. The normalized spacial score (nSPS) is 45.9. The quantitative estimate of drug-likeness (QED) is 0.798. The van der Waals surface area contributed by atoms with Crippen LogP contribution in [0.2, 0.25) is 0 Å². The lowest BCUT2D eigenvalue weighted by Gasteiger charge is -2.44. The molecule has 0 radical (unpaired) electrons. The molecule has 0 amide bonds. The highest BCUT2D eigenvalue weighted by atomic mass is 16.5. The van der Waals surface area contributed by atoms with Gasteiger partial charge in [0.05, 0.1) is 18.8 Å². The zero-order valence-corrected chi connectivity index (χ0v) is 11.1. The van der Waals surface area contributed by atoms with Gasteiger partial charge in [-0.25, -0.2) is 0 Å². The maximum absolute atomic E-state index is 9.30. The van der Waals surface area contributed by atoms with Gasteiger partial charge in [-0.3, -0.25) is 0 Å². The van der Waals surface area contributed by atoms with Gasteiger partial charge in [-0.1, -0.05) is 13.8 Å². The van der Waals surface area contributed by atoms with Crippen molar-refractivity contribution >= 4 is 0 Å². The lowest BCUT2D eigenvalue weighted by molar-refractivity contribution is -0.0920. The van der Waals surface area contributed by atoms with E-state index in [4.69, 9.17) is 4.74 Å². The number of hydrogen-bond donors (Lipinski definition) is 1. The third kappa shape index (κ3) is 1.80. The van der Waals surface area contributed by atoms with Gasteiger partial charge >= 0.3 is 0 Å². The number of ether oxygens (including phenoxy) is 1. The molecule has 2 heteroatoms. The zero-order valence-electron chi connectivity index (χ0n) is 11.1. The van der Waals surface area contributed by atoms with Gasteiger partial charge < -0.3 is 9.84 Å². The fourth-order valence-corrected chi connectivity index (χ4v) is 4.08. The van der Waals surface area contributed by atoms with E-state index in [0.717, 1.165) is 17.8 Å². The predicted molar refractivity (Wildman–Crippen MR) is 65.2 cm³/mol. The molecule has 2 aliphatic rings. The molecule has 6 atom stereocenters. The van der Waals surface area contributed by atoms with Crippen LogP contribution in [0.15, 0.2) is 0 Å². The average molecular weight is 226 g/mol. The van der Waals surface area contributed by atoms with Crippen LogP contribution in [0.4, 0.5) is 0 Å². The Bertz CT molecular complexity index is 247. The summed E-state index contributed by atoms with van der Waals surface area (Å²) in [4.78, 5) is 0. The van der Waals surface area contributed by atoms with Crippen LogP contribution >= 0.6 is 0 Å². The van der Waals surface area contributed by atoms with E-state index in [1.807, 2.05) is 0 Å². The molecule has 94 valence electrons. The molecule has 2 aliphatic carbocycles. The van der Waals surface area contributed by atoms with Gasteiger partial charge in [-0.2, -0.15) is 0 Å². The predicted octanol–water partition coefficient (Wildman–Crippen LogP) is 2.84. The van der Waals surface area contributed by atoms with Crippen molar-refractivity contribution in [1.29, 1.82) is 0 Å². The summed E-state index contributed by atoms with van der Waals surface area (Å²) >= 11 is 0. The molecule has 2 bridgehead atoms. The van der Waals surface area contributed by atoms with Crippen molar-refractivity contribution in [2.45, 2.75) is 59.2 Å². The molecule has 0 aliphatic heterocycles. The van der Waals surface area contributed by atoms with E-state index in [9.17, 15) is 5.11 Å². The molecular formula is C14H26O2. The van der Waals surface area contributed by atoms with Crippen LogP contribution in [-0.2, 0) is 4.74 Å². The smallest absolute Gasteiger partial charge is 0.0745 e. The summed E-state index contributed by atoms with van der Waals surface area (Å²) in [7, 11) is 0. The van der Waals surface area contributed by atoms with Gasteiger partial charge in [0.1, 0.15) is 0 Å². The van der Waals surface area contributed by atoms with E-state index >= 15 is 0 Å². The van der Waals surface area contributed by atoms with Gasteiger partial charge in [0.2, 0.25) is 0 Å². The lowest BCUT2D eigenvalue weighted by atomic mass is 9.65. The number of rotatable bonds is 4. The molecule has 2 saturated carbocycles. The summed E-state index contributed by atoms with van der Waals surface area (Å²) < 4.78 is 5.86. The SMILES string of the molecule is CC(O)COC(C)C1(C)C2CCC(C2)C1C. The number of hydrogen-bond acceptors (Lipinski definition) is 2. The topological polar surface area (TPSA) is 29.5 Å². The summed E-state index contributed by atoms with van der Waals surface area (Å²) in [5, 5.41) is 9.30. The maximum atomic E-state index is 9.30. The molecule has 0 heterocycles. The van der Waals surface area contributed by atoms with Crippen molar-refractivity contribution in [3.8, 4) is 0 Å². The van der Waals surface area contributed by atoms with E-state index in [1.165, 1.54) is 19.3 Å². The molecule has 1 N–H and O–H groups in total. The van der Waals surface area contributed by atoms with Crippen LogP contribution in [0.1, 0.15) is 47.0 Å². The van der Waals surface area contributed by atoms with Crippen LogP contribution in [0.5, 0.6) is 0 Å². The van der Waals surface area contributed by atoms with E-state index in [2.05, 4.69) is 20.8 Å². The van der Waals surface area contributed by atoms with Crippen LogP contribution in [0.25, 0.3) is 0 Å². The number of aliphatic hydroxyl groups excluding tert-OH is 1. The number of aliphatic hydroxyl groups is 1. The standard InChI is InChI=1S/C14H26O2/c1-9(15)8-16-11(3)14(4)10(2)12-5-6-13(14)7-12/h9-13,15H,5-8H2,1-4H3. The Hall–Kier alpha value is -0.0800. The maximum Gasteiger partial charge on any atom is 0.0745 e. The highest BCUT2D eigenvalue weighted by Crippen LogP contribution is 2.61. The summed E-state index contributed by atoms with van der Waals surface area (Å²) in [5.74, 6) is 2.54. The van der Waals surface area contributed by atoms with Crippen LogP contribution in [0.3, 0.4) is 0 Å². The fourth-order valence-electron chi connectivity index (χ4n) is 4.08. The van der Waals surface area contributed by atoms with Crippen molar-refractivity contribution in [1.82, 2.24) is 0 Å². The molecular weight excluding hydrogens is 200 g/mol. The van der Waals surface area contributed by atoms with Gasteiger partial charge in [0.25, 0.3) is 0 Å². The molecule has 0 spiro atoms. The molecule has 2 fully saturated rings. The minimum atomic E-state index is -0.347. The lowest BCUT2D eigenvalue weighted by Crippen LogP contribution is -2.43. The van der Waals surface area contributed by atoms with Gasteiger partial charge in [-0.05, 0) is 56.3 Å². The molecule has 0 aromatic carbocycles. The molecule has 0 aromatic heterocycles. The van der Waals surface area contributed by atoms with E-state index in [-0.39, 0.29) is 12.2 Å². The third-order valence-corrected chi connectivity index (χ3v) is 5.50. The highest BCUT2D eigenvalue weighted by Gasteiger charge is 2.55. The van der Waals surface area contributed by atoms with Gasteiger partial charge in [0, 0.05) is 0 Å². The van der Waals surface area contributed by atoms with Crippen LogP contribution in [-0.4, -0.2) is 23.9 Å². The Balaban J connectivity index is 2.01. The monoisotopic (exact) mass is 226 g/mol. The minimum Gasteiger partial charge on any atom is -0.391 e. The Morgan fingerprint density at radius 3 is 2.56 bits per heavy atom. The first-order chi connectivity index (χ1) is 7.46. The van der Waals surface area contributed by atoms with Crippen molar-refractivity contribution in [2.24, 2.45) is 23.2 Å². The average Bonchev–Trinajstić information content (AvgIpc) is 2.79. The first-order valence-corrected chi connectivity index (χ1v) is 6.76. The first kappa shape index (κ1) is 12.4. The summed E-state index contributed by atoms with van der Waals surface area (Å²) in [6.07, 6.45) is 4.13.